The molecule has 0 spiro atoms. The topological polar surface area (TPSA) is 12.5 Å². The van der Waals surface area contributed by atoms with Crippen molar-refractivity contribution in [2.45, 2.75) is 26.4 Å². The molecule has 0 aliphatic carbocycles. The standard InChI is InChI=1S/C14H19F2NO/c1-10(2)5-6-17-8-12(9-17)18-14-4-3-11(15)7-13(14)16/h3-4,7,10,12H,5-6,8-9H2,1-2H3. The second-order valence-electron chi connectivity index (χ2n) is 5.26. The van der Waals surface area contributed by atoms with E-state index in [1.807, 2.05) is 0 Å². The molecule has 2 nitrogen and oxygen atoms in total. The van der Waals surface area contributed by atoms with E-state index in [2.05, 4.69) is 18.7 Å². The summed E-state index contributed by atoms with van der Waals surface area (Å²) < 4.78 is 31.5. The van der Waals surface area contributed by atoms with Crippen LogP contribution in [0.3, 0.4) is 0 Å². The Morgan fingerprint density at radius 2 is 2.06 bits per heavy atom. The van der Waals surface area contributed by atoms with E-state index < -0.39 is 11.6 Å². The van der Waals surface area contributed by atoms with Crippen molar-refractivity contribution < 1.29 is 13.5 Å². The van der Waals surface area contributed by atoms with E-state index in [4.69, 9.17) is 4.74 Å². The number of ether oxygens (including phenoxy) is 1. The van der Waals surface area contributed by atoms with E-state index >= 15 is 0 Å². The van der Waals surface area contributed by atoms with Crippen molar-refractivity contribution in [1.82, 2.24) is 4.90 Å². The lowest BCUT2D eigenvalue weighted by atomic mass is 10.1. The minimum atomic E-state index is -0.629. The zero-order valence-corrected chi connectivity index (χ0v) is 10.8. The Hall–Kier alpha value is -1.16. The Morgan fingerprint density at radius 3 is 2.67 bits per heavy atom. The third-order valence-electron chi connectivity index (χ3n) is 3.13. The van der Waals surface area contributed by atoms with Gasteiger partial charge in [0.15, 0.2) is 11.6 Å². The summed E-state index contributed by atoms with van der Waals surface area (Å²) in [6, 6.07) is 3.42. The maximum Gasteiger partial charge on any atom is 0.167 e. The molecule has 1 aliphatic heterocycles. The zero-order valence-electron chi connectivity index (χ0n) is 10.8. The molecule has 0 amide bonds. The molecular formula is C14H19F2NO. The molecule has 1 aromatic carbocycles. The van der Waals surface area contributed by atoms with E-state index in [0.717, 1.165) is 32.1 Å². The third kappa shape index (κ3) is 3.42. The Labute approximate surface area is 107 Å². The first kappa shape index (κ1) is 13.3. The fourth-order valence-corrected chi connectivity index (χ4v) is 1.97. The van der Waals surface area contributed by atoms with Gasteiger partial charge >= 0.3 is 0 Å². The summed E-state index contributed by atoms with van der Waals surface area (Å²) in [4.78, 5) is 2.28. The number of benzene rings is 1. The van der Waals surface area contributed by atoms with E-state index in [0.29, 0.717) is 5.92 Å². The molecule has 1 aromatic rings. The molecule has 0 atom stereocenters. The maximum atomic E-state index is 13.3. The molecular weight excluding hydrogens is 236 g/mol. The number of nitrogens with zero attached hydrogens (tertiary/aromatic N) is 1. The predicted molar refractivity (Wildman–Crippen MR) is 66.7 cm³/mol. The Kier molecular flexibility index (Phi) is 4.17. The maximum absolute atomic E-state index is 13.3. The van der Waals surface area contributed by atoms with Gasteiger partial charge in [0.1, 0.15) is 11.9 Å². The lowest BCUT2D eigenvalue weighted by molar-refractivity contribution is 0.0151. The fraction of sp³-hybridized carbons (Fsp3) is 0.571. The van der Waals surface area contributed by atoms with Crippen LogP contribution in [0.2, 0.25) is 0 Å². The monoisotopic (exact) mass is 255 g/mol. The van der Waals surface area contributed by atoms with Crippen molar-refractivity contribution in [2.24, 2.45) is 5.92 Å². The van der Waals surface area contributed by atoms with Crippen LogP contribution in [0.4, 0.5) is 8.78 Å². The van der Waals surface area contributed by atoms with Crippen LogP contribution in [-0.2, 0) is 0 Å². The largest absolute Gasteiger partial charge is 0.485 e. The summed E-state index contributed by atoms with van der Waals surface area (Å²) in [7, 11) is 0. The van der Waals surface area contributed by atoms with Crippen LogP contribution in [0.15, 0.2) is 18.2 Å². The van der Waals surface area contributed by atoms with E-state index in [9.17, 15) is 8.78 Å². The molecule has 4 heteroatoms. The number of likely N-dealkylation sites (tertiary alicyclic amines) is 1. The van der Waals surface area contributed by atoms with Gasteiger partial charge in [-0.15, -0.1) is 0 Å². The van der Waals surface area contributed by atoms with Gasteiger partial charge in [-0.1, -0.05) is 13.8 Å². The molecule has 1 heterocycles. The number of hydrogen-bond donors (Lipinski definition) is 0. The van der Waals surface area contributed by atoms with Crippen molar-refractivity contribution in [3.63, 3.8) is 0 Å². The van der Waals surface area contributed by atoms with Crippen LogP contribution < -0.4 is 4.74 Å². The van der Waals surface area contributed by atoms with Crippen molar-refractivity contribution >= 4 is 0 Å². The third-order valence-corrected chi connectivity index (χ3v) is 3.13. The number of halogens is 2. The summed E-state index contributed by atoms with van der Waals surface area (Å²) in [6.45, 7) is 7.10. The molecule has 0 N–H and O–H groups in total. The SMILES string of the molecule is CC(C)CCN1CC(Oc2ccc(F)cc2F)C1. The minimum Gasteiger partial charge on any atom is -0.485 e. The van der Waals surface area contributed by atoms with Gasteiger partial charge in [-0.05, 0) is 31.0 Å². The second-order valence-corrected chi connectivity index (χ2v) is 5.26. The Morgan fingerprint density at radius 1 is 1.33 bits per heavy atom. The average Bonchev–Trinajstić information content (AvgIpc) is 2.23. The minimum absolute atomic E-state index is 0.0251. The molecule has 0 unspecified atom stereocenters. The highest BCUT2D eigenvalue weighted by Crippen LogP contribution is 2.22. The zero-order chi connectivity index (χ0) is 13.1. The van der Waals surface area contributed by atoms with Gasteiger partial charge in [0, 0.05) is 19.2 Å². The fourth-order valence-electron chi connectivity index (χ4n) is 1.97. The van der Waals surface area contributed by atoms with Crippen LogP contribution in [-0.4, -0.2) is 30.6 Å². The molecule has 1 fully saturated rings. The molecule has 0 aromatic heterocycles. The van der Waals surface area contributed by atoms with Gasteiger partial charge in [-0.25, -0.2) is 8.78 Å². The molecule has 0 saturated carbocycles. The first-order chi connectivity index (χ1) is 8.54. The quantitative estimate of drug-likeness (QED) is 0.801. The van der Waals surface area contributed by atoms with Crippen LogP contribution in [0, 0.1) is 17.6 Å². The van der Waals surface area contributed by atoms with E-state index in [-0.39, 0.29) is 11.9 Å². The molecule has 0 bridgehead atoms. The molecule has 0 radical (unpaired) electrons. The lowest BCUT2D eigenvalue weighted by Crippen LogP contribution is -2.54. The summed E-state index contributed by atoms with van der Waals surface area (Å²) in [5, 5.41) is 0. The first-order valence-electron chi connectivity index (χ1n) is 6.38. The number of rotatable bonds is 5. The van der Waals surface area contributed by atoms with E-state index in [1.165, 1.54) is 12.1 Å². The summed E-state index contributed by atoms with van der Waals surface area (Å²) in [6.07, 6.45) is 1.19. The number of hydrogen-bond acceptors (Lipinski definition) is 2. The first-order valence-corrected chi connectivity index (χ1v) is 6.38. The van der Waals surface area contributed by atoms with Crippen LogP contribution in [0.5, 0.6) is 5.75 Å². The summed E-state index contributed by atoms with van der Waals surface area (Å²) >= 11 is 0. The molecule has 1 saturated heterocycles. The summed E-state index contributed by atoms with van der Waals surface area (Å²) in [5.74, 6) is -0.368. The van der Waals surface area contributed by atoms with Crippen molar-refractivity contribution in [2.75, 3.05) is 19.6 Å². The van der Waals surface area contributed by atoms with Gasteiger partial charge in [0.25, 0.3) is 0 Å². The van der Waals surface area contributed by atoms with Crippen molar-refractivity contribution in [1.29, 1.82) is 0 Å². The Balaban J connectivity index is 1.76. The molecule has 1 aliphatic rings. The average molecular weight is 255 g/mol. The van der Waals surface area contributed by atoms with Gasteiger partial charge in [-0.3, -0.25) is 4.90 Å². The molecule has 100 valence electrons. The van der Waals surface area contributed by atoms with Crippen molar-refractivity contribution in [3.8, 4) is 5.75 Å². The highest BCUT2D eigenvalue weighted by Gasteiger charge is 2.28. The van der Waals surface area contributed by atoms with E-state index in [1.54, 1.807) is 0 Å². The molecule has 2 rings (SSSR count). The van der Waals surface area contributed by atoms with Gasteiger partial charge in [-0.2, -0.15) is 0 Å². The van der Waals surface area contributed by atoms with Crippen molar-refractivity contribution in [3.05, 3.63) is 29.8 Å². The van der Waals surface area contributed by atoms with Crippen LogP contribution >= 0.6 is 0 Å². The normalized spacial score (nSPS) is 16.9. The second kappa shape index (κ2) is 5.65. The van der Waals surface area contributed by atoms with Gasteiger partial charge < -0.3 is 4.74 Å². The predicted octanol–water partition coefficient (Wildman–Crippen LogP) is 3.07. The van der Waals surface area contributed by atoms with Gasteiger partial charge in [0.2, 0.25) is 0 Å². The van der Waals surface area contributed by atoms with Crippen LogP contribution in [0.25, 0.3) is 0 Å². The summed E-state index contributed by atoms with van der Waals surface area (Å²) in [5.41, 5.74) is 0. The lowest BCUT2D eigenvalue weighted by Gasteiger charge is -2.39. The molecule has 18 heavy (non-hydrogen) atoms. The highest BCUT2D eigenvalue weighted by molar-refractivity contribution is 5.25. The highest BCUT2D eigenvalue weighted by atomic mass is 19.1. The Bertz CT molecular complexity index is 403. The van der Waals surface area contributed by atoms with Gasteiger partial charge in [0.05, 0.1) is 0 Å². The smallest absolute Gasteiger partial charge is 0.167 e. The van der Waals surface area contributed by atoms with Crippen LogP contribution in [0.1, 0.15) is 20.3 Å².